The zero-order valence-electron chi connectivity index (χ0n) is 12.2. The quantitative estimate of drug-likeness (QED) is 0.881. The van der Waals surface area contributed by atoms with Crippen molar-refractivity contribution in [3.8, 4) is 5.69 Å². The van der Waals surface area contributed by atoms with Crippen molar-refractivity contribution in [1.29, 1.82) is 0 Å². The normalized spacial score (nSPS) is 12.6. The number of rotatable bonds is 6. The first kappa shape index (κ1) is 16.4. The summed E-state index contributed by atoms with van der Waals surface area (Å²) in [6, 6.07) is 4.02. The summed E-state index contributed by atoms with van der Waals surface area (Å²) in [5.41, 5.74) is 1.20. The number of aliphatic carboxylic acids is 1. The maximum absolute atomic E-state index is 13.0. The Kier molecular flexibility index (Phi) is 5.10. The number of benzene rings is 1. The fraction of sp³-hybridized carbons (Fsp3) is 0.357. The van der Waals surface area contributed by atoms with Gasteiger partial charge in [-0.3, -0.25) is 9.69 Å². The number of aromatic nitrogens is 3. The van der Waals surface area contributed by atoms with Crippen molar-refractivity contribution in [2.24, 2.45) is 5.92 Å². The summed E-state index contributed by atoms with van der Waals surface area (Å²) < 4.78 is 14.5. The lowest BCUT2D eigenvalue weighted by Crippen LogP contribution is -2.28. The summed E-state index contributed by atoms with van der Waals surface area (Å²) in [5.74, 6) is -1.73. The van der Waals surface area contributed by atoms with Gasteiger partial charge in [-0.15, -0.1) is 5.10 Å². The Morgan fingerprint density at radius 3 is 2.91 bits per heavy atom. The van der Waals surface area contributed by atoms with Crippen LogP contribution in [0.4, 0.5) is 4.39 Å². The molecule has 1 N–H and O–H groups in total. The van der Waals surface area contributed by atoms with Gasteiger partial charge in [-0.2, -0.15) is 0 Å². The summed E-state index contributed by atoms with van der Waals surface area (Å²) in [6.45, 7) is 2.50. The molecule has 8 heteroatoms. The SMILES string of the molecule is CC(CN(C)Cc1cn(-c2ccc(F)cc2Cl)nn1)C(=O)O. The Bertz CT molecular complexity index is 677. The van der Waals surface area contributed by atoms with Gasteiger partial charge in [-0.25, -0.2) is 9.07 Å². The minimum Gasteiger partial charge on any atom is -0.481 e. The van der Waals surface area contributed by atoms with Crippen molar-refractivity contribution in [1.82, 2.24) is 19.9 Å². The van der Waals surface area contributed by atoms with E-state index in [2.05, 4.69) is 10.3 Å². The average molecular weight is 327 g/mol. The fourth-order valence-electron chi connectivity index (χ4n) is 2.04. The molecule has 1 unspecified atom stereocenters. The third-order valence-corrected chi connectivity index (χ3v) is 3.44. The van der Waals surface area contributed by atoms with Crippen molar-refractivity contribution in [3.05, 3.63) is 40.9 Å². The molecule has 0 saturated carbocycles. The molecule has 22 heavy (non-hydrogen) atoms. The molecule has 2 aromatic rings. The fourth-order valence-corrected chi connectivity index (χ4v) is 2.30. The van der Waals surface area contributed by atoms with Gasteiger partial charge in [0, 0.05) is 13.1 Å². The number of carboxylic acid groups (broad SMARTS) is 1. The molecule has 0 aliphatic heterocycles. The molecule has 118 valence electrons. The number of halogens is 2. The number of carbonyl (C=O) groups is 1. The topological polar surface area (TPSA) is 71.2 Å². The van der Waals surface area contributed by atoms with E-state index in [1.54, 1.807) is 13.1 Å². The molecular formula is C14H16ClFN4O2. The molecule has 0 amide bonds. The van der Waals surface area contributed by atoms with E-state index in [0.29, 0.717) is 24.5 Å². The minimum absolute atomic E-state index is 0.240. The molecule has 1 aromatic heterocycles. The van der Waals surface area contributed by atoms with E-state index in [4.69, 9.17) is 16.7 Å². The van der Waals surface area contributed by atoms with E-state index in [0.717, 1.165) is 0 Å². The van der Waals surface area contributed by atoms with Gasteiger partial charge in [0.25, 0.3) is 0 Å². The molecule has 0 radical (unpaired) electrons. The van der Waals surface area contributed by atoms with Crippen LogP contribution < -0.4 is 0 Å². The smallest absolute Gasteiger partial charge is 0.307 e. The van der Waals surface area contributed by atoms with E-state index >= 15 is 0 Å². The van der Waals surface area contributed by atoms with Gasteiger partial charge in [-0.1, -0.05) is 23.7 Å². The molecule has 0 fully saturated rings. The maximum Gasteiger partial charge on any atom is 0.307 e. The van der Waals surface area contributed by atoms with Gasteiger partial charge in [-0.05, 0) is 25.2 Å². The lowest BCUT2D eigenvalue weighted by Gasteiger charge is -2.17. The Balaban J connectivity index is 2.07. The molecule has 0 aliphatic carbocycles. The summed E-state index contributed by atoms with van der Waals surface area (Å²) in [6.07, 6.45) is 1.68. The number of nitrogens with zero attached hydrogens (tertiary/aromatic N) is 4. The number of hydrogen-bond acceptors (Lipinski definition) is 4. The predicted octanol–water partition coefficient (Wildman–Crippen LogP) is 2.21. The van der Waals surface area contributed by atoms with Crippen LogP contribution in [0.5, 0.6) is 0 Å². The Labute approximate surface area is 132 Å². The maximum atomic E-state index is 13.0. The Hall–Kier alpha value is -1.99. The first-order valence-electron chi connectivity index (χ1n) is 6.65. The van der Waals surface area contributed by atoms with Gasteiger partial charge >= 0.3 is 5.97 Å². The highest BCUT2D eigenvalue weighted by molar-refractivity contribution is 6.32. The summed E-state index contributed by atoms with van der Waals surface area (Å²) in [7, 11) is 1.81. The standard InChI is InChI=1S/C14H16ClFN4O2/c1-9(14(21)22)6-19(2)7-11-8-20(18-17-11)13-4-3-10(16)5-12(13)15/h3-5,8-9H,6-7H2,1-2H3,(H,21,22). The van der Waals surface area contributed by atoms with Crippen molar-refractivity contribution in [2.75, 3.05) is 13.6 Å². The van der Waals surface area contributed by atoms with Crippen LogP contribution in [0.3, 0.4) is 0 Å². The van der Waals surface area contributed by atoms with Crippen molar-refractivity contribution < 1.29 is 14.3 Å². The van der Waals surface area contributed by atoms with Crippen LogP contribution in [0.25, 0.3) is 5.69 Å². The van der Waals surface area contributed by atoms with E-state index in [-0.39, 0.29) is 5.02 Å². The molecule has 1 aromatic carbocycles. The first-order valence-corrected chi connectivity index (χ1v) is 7.02. The van der Waals surface area contributed by atoms with Crippen LogP contribution in [0, 0.1) is 11.7 Å². The third-order valence-electron chi connectivity index (χ3n) is 3.14. The van der Waals surface area contributed by atoms with Crippen LogP contribution in [0.15, 0.2) is 24.4 Å². The molecule has 2 rings (SSSR count). The minimum atomic E-state index is -0.839. The predicted molar refractivity (Wildman–Crippen MR) is 79.5 cm³/mol. The van der Waals surface area contributed by atoms with Crippen LogP contribution >= 0.6 is 11.6 Å². The zero-order valence-corrected chi connectivity index (χ0v) is 13.0. The molecule has 1 atom stereocenters. The Morgan fingerprint density at radius 2 is 2.27 bits per heavy atom. The van der Waals surface area contributed by atoms with Crippen LogP contribution in [-0.2, 0) is 11.3 Å². The van der Waals surface area contributed by atoms with Crippen molar-refractivity contribution in [3.63, 3.8) is 0 Å². The number of carboxylic acids is 1. The lowest BCUT2D eigenvalue weighted by molar-refractivity contribution is -0.141. The average Bonchev–Trinajstić information content (AvgIpc) is 2.86. The molecule has 6 nitrogen and oxygen atoms in total. The van der Waals surface area contributed by atoms with E-state index in [9.17, 15) is 9.18 Å². The van der Waals surface area contributed by atoms with E-state index in [1.165, 1.54) is 22.9 Å². The summed E-state index contributed by atoms with van der Waals surface area (Å²) in [5, 5.41) is 17.1. The van der Waals surface area contributed by atoms with Crippen molar-refractivity contribution >= 4 is 17.6 Å². The van der Waals surface area contributed by atoms with Crippen LogP contribution in [0.1, 0.15) is 12.6 Å². The highest BCUT2D eigenvalue weighted by atomic mass is 35.5. The first-order chi connectivity index (χ1) is 10.4. The zero-order chi connectivity index (χ0) is 16.3. The third kappa shape index (κ3) is 4.02. The van der Waals surface area contributed by atoms with Gasteiger partial charge in [0.05, 0.1) is 28.5 Å². The molecule has 0 spiro atoms. The molecule has 1 heterocycles. The van der Waals surface area contributed by atoms with E-state index in [1.807, 2.05) is 11.9 Å². The van der Waals surface area contributed by atoms with Gasteiger partial charge in [0.15, 0.2) is 0 Å². The van der Waals surface area contributed by atoms with Gasteiger partial charge in [0.1, 0.15) is 5.82 Å². The molecule has 0 bridgehead atoms. The second-order valence-corrected chi connectivity index (χ2v) is 5.59. The second-order valence-electron chi connectivity index (χ2n) is 5.19. The second kappa shape index (κ2) is 6.85. The Morgan fingerprint density at radius 1 is 1.55 bits per heavy atom. The van der Waals surface area contributed by atoms with Crippen molar-refractivity contribution in [2.45, 2.75) is 13.5 Å². The van der Waals surface area contributed by atoms with Crippen LogP contribution in [-0.4, -0.2) is 44.6 Å². The molecule has 0 aliphatic rings. The highest BCUT2D eigenvalue weighted by Gasteiger charge is 2.15. The largest absolute Gasteiger partial charge is 0.481 e. The summed E-state index contributed by atoms with van der Waals surface area (Å²) >= 11 is 5.98. The summed E-state index contributed by atoms with van der Waals surface area (Å²) in [4.78, 5) is 12.7. The van der Waals surface area contributed by atoms with E-state index < -0.39 is 17.7 Å². The monoisotopic (exact) mass is 326 g/mol. The van der Waals surface area contributed by atoms with Gasteiger partial charge in [0.2, 0.25) is 0 Å². The van der Waals surface area contributed by atoms with Gasteiger partial charge < -0.3 is 5.11 Å². The van der Waals surface area contributed by atoms with Crippen LogP contribution in [0.2, 0.25) is 5.02 Å². The lowest BCUT2D eigenvalue weighted by atomic mass is 10.2. The number of hydrogen-bond donors (Lipinski definition) is 1. The molecule has 0 saturated heterocycles. The highest BCUT2D eigenvalue weighted by Crippen LogP contribution is 2.20. The molecular weight excluding hydrogens is 311 g/mol.